The van der Waals surface area contributed by atoms with E-state index in [0.29, 0.717) is 5.56 Å². The third-order valence-corrected chi connectivity index (χ3v) is 10.2. The van der Waals surface area contributed by atoms with Crippen LogP contribution in [0.15, 0.2) is 53.4 Å². The highest BCUT2D eigenvalue weighted by Gasteiger charge is 2.27. The number of aromatic nitrogens is 1. The van der Waals surface area contributed by atoms with Crippen LogP contribution in [0.5, 0.6) is 0 Å². The number of nitrogens with one attached hydrogen (secondary N) is 1. The lowest BCUT2D eigenvalue weighted by Crippen LogP contribution is -2.30. The summed E-state index contributed by atoms with van der Waals surface area (Å²) >= 11 is 3.27. The number of para-hydroxylation sites is 1. The summed E-state index contributed by atoms with van der Waals surface area (Å²) in [6.45, 7) is 6.74. The average molecular weight is 526 g/mol. The molecule has 1 N–H and O–H groups in total. The number of sulfone groups is 1. The van der Waals surface area contributed by atoms with E-state index in [1.54, 1.807) is 41.7 Å². The molecule has 2 aromatic heterocycles. The Labute approximate surface area is 213 Å². The summed E-state index contributed by atoms with van der Waals surface area (Å²) in [5.74, 6) is -0.225. The monoisotopic (exact) mass is 525 g/mol. The van der Waals surface area contributed by atoms with Crippen molar-refractivity contribution in [1.82, 2.24) is 9.88 Å². The molecule has 0 radical (unpaired) electrons. The van der Waals surface area contributed by atoms with Crippen molar-refractivity contribution in [2.75, 3.05) is 24.2 Å². The van der Waals surface area contributed by atoms with Crippen LogP contribution < -0.4 is 5.32 Å². The Balaban J connectivity index is 1.51. The summed E-state index contributed by atoms with van der Waals surface area (Å²) in [6, 6.07) is 14.2. The van der Waals surface area contributed by atoms with Crippen molar-refractivity contribution in [1.29, 1.82) is 0 Å². The number of rotatable bonds is 7. The van der Waals surface area contributed by atoms with Gasteiger partial charge in [0.25, 0.3) is 5.91 Å². The van der Waals surface area contributed by atoms with Crippen LogP contribution in [-0.4, -0.2) is 43.1 Å². The molecule has 35 heavy (non-hydrogen) atoms. The lowest BCUT2D eigenvalue weighted by atomic mass is 10.0. The largest absolute Gasteiger partial charge is 0.313 e. The summed E-state index contributed by atoms with van der Waals surface area (Å²) in [4.78, 5) is 22.1. The van der Waals surface area contributed by atoms with E-state index in [4.69, 9.17) is 4.98 Å². The van der Waals surface area contributed by atoms with Crippen LogP contribution in [0.2, 0.25) is 0 Å². The fourth-order valence-electron chi connectivity index (χ4n) is 4.41. The molecule has 4 aromatic rings. The second-order valence-electron chi connectivity index (χ2n) is 8.60. The third kappa shape index (κ3) is 4.78. The van der Waals surface area contributed by atoms with Crippen molar-refractivity contribution in [2.45, 2.75) is 38.1 Å². The number of thiophene rings is 1. The van der Waals surface area contributed by atoms with Crippen LogP contribution in [0.1, 0.15) is 41.1 Å². The normalized spacial score (nSPS) is 14.2. The first-order valence-electron chi connectivity index (χ1n) is 11.8. The smallest absolute Gasteiger partial charge is 0.256 e. The molecule has 1 aliphatic heterocycles. The summed E-state index contributed by atoms with van der Waals surface area (Å²) in [7, 11) is -3.31. The van der Waals surface area contributed by atoms with E-state index in [0.717, 1.165) is 58.3 Å². The van der Waals surface area contributed by atoms with Crippen molar-refractivity contribution < 1.29 is 13.2 Å². The number of nitrogens with zero attached hydrogens (tertiary/aromatic N) is 2. The second kappa shape index (κ2) is 9.81. The number of hydrogen-bond donors (Lipinski definition) is 1. The number of anilines is 1. The zero-order valence-corrected chi connectivity index (χ0v) is 22.2. The molecule has 182 valence electrons. The first-order valence-corrected chi connectivity index (χ1v) is 15.0. The molecule has 0 unspecified atom stereocenters. The molecule has 0 aliphatic carbocycles. The maximum atomic E-state index is 13.2. The molecule has 0 saturated carbocycles. The number of carbonyl (C=O) groups excluding carboxylic acids is 1. The van der Waals surface area contributed by atoms with Crippen LogP contribution in [-0.2, 0) is 22.8 Å². The zero-order valence-electron chi connectivity index (χ0n) is 19.7. The van der Waals surface area contributed by atoms with E-state index < -0.39 is 9.84 Å². The van der Waals surface area contributed by atoms with E-state index in [-0.39, 0.29) is 16.6 Å². The predicted molar refractivity (Wildman–Crippen MR) is 144 cm³/mol. The molecule has 6 nitrogen and oxygen atoms in total. The van der Waals surface area contributed by atoms with Gasteiger partial charge in [-0.1, -0.05) is 26.0 Å². The standard InChI is InChI=1S/C26H27N3O3S3/c1-3-14-29-15-13-19-22(16-29)34-26(23(19)25-27-20-7-5-6-8-21(20)33-25)28-24(30)17-9-11-18(12-10-17)35(31,32)4-2/h5-12H,3-4,13-16H2,1-2H3,(H,28,30). The van der Waals surface area contributed by atoms with Crippen molar-refractivity contribution in [3.05, 3.63) is 64.5 Å². The highest BCUT2D eigenvalue weighted by molar-refractivity contribution is 7.91. The zero-order chi connectivity index (χ0) is 24.6. The molecular weight excluding hydrogens is 499 g/mol. The first-order chi connectivity index (χ1) is 16.9. The molecule has 1 aliphatic rings. The minimum Gasteiger partial charge on any atom is -0.313 e. The van der Waals surface area contributed by atoms with Gasteiger partial charge in [-0.05, 0) is 61.3 Å². The van der Waals surface area contributed by atoms with Gasteiger partial charge in [-0.3, -0.25) is 9.69 Å². The minimum atomic E-state index is -3.31. The van der Waals surface area contributed by atoms with Gasteiger partial charge < -0.3 is 5.32 Å². The molecular formula is C26H27N3O3S3. The Morgan fingerprint density at radius 2 is 1.86 bits per heavy atom. The minimum absolute atomic E-state index is 0.0276. The van der Waals surface area contributed by atoms with E-state index in [9.17, 15) is 13.2 Å². The first kappa shape index (κ1) is 24.1. The molecule has 5 rings (SSSR count). The molecule has 2 aromatic carbocycles. The highest BCUT2D eigenvalue weighted by atomic mass is 32.2. The summed E-state index contributed by atoms with van der Waals surface area (Å²) < 4.78 is 25.4. The number of benzene rings is 2. The number of carbonyl (C=O) groups is 1. The van der Waals surface area contributed by atoms with Crippen molar-refractivity contribution in [2.24, 2.45) is 0 Å². The van der Waals surface area contributed by atoms with Gasteiger partial charge in [-0.25, -0.2) is 13.4 Å². The van der Waals surface area contributed by atoms with Crippen molar-refractivity contribution in [3.8, 4) is 10.6 Å². The second-order valence-corrected chi connectivity index (χ2v) is 13.0. The lowest BCUT2D eigenvalue weighted by molar-refractivity contribution is 0.102. The molecule has 0 fully saturated rings. The molecule has 3 heterocycles. The summed E-state index contributed by atoms with van der Waals surface area (Å²) in [5.41, 5.74) is 3.69. The molecule has 1 amide bonds. The van der Waals surface area contributed by atoms with Crippen LogP contribution in [0.25, 0.3) is 20.8 Å². The van der Waals surface area contributed by atoms with Gasteiger partial charge in [0.2, 0.25) is 0 Å². The van der Waals surface area contributed by atoms with Crippen LogP contribution in [0.4, 0.5) is 5.00 Å². The summed E-state index contributed by atoms with van der Waals surface area (Å²) in [6.07, 6.45) is 2.04. The Morgan fingerprint density at radius 3 is 2.57 bits per heavy atom. The molecule has 0 spiro atoms. The lowest BCUT2D eigenvalue weighted by Gasteiger charge is -2.26. The van der Waals surface area contributed by atoms with Crippen molar-refractivity contribution in [3.63, 3.8) is 0 Å². The SMILES string of the molecule is CCCN1CCc2c(sc(NC(=O)c3ccc(S(=O)(=O)CC)cc3)c2-c2nc3ccccc3s2)C1. The van der Waals surface area contributed by atoms with Gasteiger partial charge in [0.05, 0.1) is 20.9 Å². The Kier molecular flexibility index (Phi) is 6.76. The number of amides is 1. The number of hydrogen-bond acceptors (Lipinski definition) is 7. The van der Waals surface area contributed by atoms with Crippen molar-refractivity contribution >= 4 is 53.6 Å². The fourth-order valence-corrected chi connectivity index (χ4v) is 7.69. The maximum absolute atomic E-state index is 13.2. The van der Waals surface area contributed by atoms with Gasteiger partial charge in [-0.2, -0.15) is 0 Å². The van der Waals surface area contributed by atoms with E-state index >= 15 is 0 Å². The quantitative estimate of drug-likeness (QED) is 0.328. The van der Waals surface area contributed by atoms with Gasteiger partial charge >= 0.3 is 0 Å². The molecule has 9 heteroatoms. The van der Waals surface area contributed by atoms with Crippen LogP contribution >= 0.6 is 22.7 Å². The Morgan fingerprint density at radius 1 is 1.09 bits per heavy atom. The molecule has 0 bridgehead atoms. The van der Waals surface area contributed by atoms with E-state index in [1.807, 2.05) is 18.2 Å². The topological polar surface area (TPSA) is 79.4 Å². The maximum Gasteiger partial charge on any atom is 0.256 e. The van der Waals surface area contributed by atoms with E-state index in [2.05, 4.69) is 23.2 Å². The van der Waals surface area contributed by atoms with Gasteiger partial charge in [-0.15, -0.1) is 22.7 Å². The van der Waals surface area contributed by atoms with Gasteiger partial charge in [0.1, 0.15) is 10.0 Å². The van der Waals surface area contributed by atoms with Crippen LogP contribution in [0.3, 0.4) is 0 Å². The van der Waals surface area contributed by atoms with Gasteiger partial charge in [0.15, 0.2) is 9.84 Å². The molecule has 0 saturated heterocycles. The average Bonchev–Trinajstić information content (AvgIpc) is 3.44. The number of thiazole rings is 1. The Hall–Kier alpha value is -2.59. The predicted octanol–water partition coefficient (Wildman–Crippen LogP) is 5.84. The third-order valence-electron chi connectivity index (χ3n) is 6.27. The molecule has 0 atom stereocenters. The highest BCUT2D eigenvalue weighted by Crippen LogP contribution is 2.45. The van der Waals surface area contributed by atoms with Crippen LogP contribution in [0, 0.1) is 0 Å². The van der Waals surface area contributed by atoms with Gasteiger partial charge in [0, 0.05) is 29.1 Å². The fraction of sp³-hybridized carbons (Fsp3) is 0.308. The summed E-state index contributed by atoms with van der Waals surface area (Å²) in [5, 5.41) is 4.86. The number of fused-ring (bicyclic) bond motifs is 2. The Bertz CT molecular complexity index is 1450. The van der Waals surface area contributed by atoms with E-state index in [1.165, 1.54) is 22.6 Å².